The van der Waals surface area contributed by atoms with Crippen LogP contribution in [0.1, 0.15) is 11.1 Å². The zero-order chi connectivity index (χ0) is 14.7. The highest BCUT2D eigenvalue weighted by Crippen LogP contribution is 2.22. The van der Waals surface area contributed by atoms with Gasteiger partial charge in [0.15, 0.2) is 0 Å². The van der Waals surface area contributed by atoms with Gasteiger partial charge >= 0.3 is 0 Å². The molecule has 20 heavy (non-hydrogen) atoms. The molecule has 0 aliphatic carbocycles. The SMILES string of the molecule is Cc1ccc(NCc2cc(Br)cc([N+](=O)[O-])c2)cc1F. The van der Waals surface area contributed by atoms with Crippen molar-refractivity contribution >= 4 is 27.3 Å². The van der Waals surface area contributed by atoms with Crippen LogP contribution in [-0.2, 0) is 6.54 Å². The van der Waals surface area contributed by atoms with Crippen molar-refractivity contribution in [1.29, 1.82) is 0 Å². The third-order valence-electron chi connectivity index (χ3n) is 2.82. The topological polar surface area (TPSA) is 55.2 Å². The highest BCUT2D eigenvalue weighted by molar-refractivity contribution is 9.10. The molecule has 0 saturated heterocycles. The van der Waals surface area contributed by atoms with Crippen LogP contribution >= 0.6 is 15.9 Å². The lowest BCUT2D eigenvalue weighted by Gasteiger charge is -2.08. The monoisotopic (exact) mass is 338 g/mol. The molecular weight excluding hydrogens is 327 g/mol. The first-order valence-electron chi connectivity index (χ1n) is 5.89. The minimum atomic E-state index is -0.445. The van der Waals surface area contributed by atoms with Crippen molar-refractivity contribution in [3.8, 4) is 0 Å². The molecule has 2 aromatic rings. The Labute approximate surface area is 123 Å². The summed E-state index contributed by atoms with van der Waals surface area (Å²) in [6, 6.07) is 9.56. The largest absolute Gasteiger partial charge is 0.381 e. The molecular formula is C14H12BrFN2O2. The number of nitrogens with zero attached hydrogens (tertiary/aromatic N) is 1. The lowest BCUT2D eigenvalue weighted by molar-refractivity contribution is -0.385. The first-order chi connectivity index (χ1) is 9.45. The van der Waals surface area contributed by atoms with E-state index in [0.29, 0.717) is 22.3 Å². The van der Waals surface area contributed by atoms with Gasteiger partial charge in [-0.25, -0.2) is 4.39 Å². The van der Waals surface area contributed by atoms with E-state index in [9.17, 15) is 14.5 Å². The summed E-state index contributed by atoms with van der Waals surface area (Å²) in [5.74, 6) is -0.282. The van der Waals surface area contributed by atoms with Crippen molar-refractivity contribution in [3.05, 3.63) is 67.9 Å². The molecule has 104 valence electrons. The summed E-state index contributed by atoms with van der Waals surface area (Å²) < 4.78 is 14.0. The van der Waals surface area contributed by atoms with Gasteiger partial charge in [0.25, 0.3) is 5.69 Å². The standard InChI is InChI=1S/C14H12BrFN2O2/c1-9-2-3-12(7-14(9)16)17-8-10-4-11(15)6-13(5-10)18(19)20/h2-7,17H,8H2,1H3. The summed E-state index contributed by atoms with van der Waals surface area (Å²) in [6.45, 7) is 2.07. The third kappa shape index (κ3) is 3.54. The summed E-state index contributed by atoms with van der Waals surface area (Å²) in [5.41, 5.74) is 1.97. The minimum absolute atomic E-state index is 0.0197. The number of hydrogen-bond acceptors (Lipinski definition) is 3. The van der Waals surface area contributed by atoms with Crippen LogP contribution in [0.2, 0.25) is 0 Å². The zero-order valence-electron chi connectivity index (χ0n) is 10.7. The molecule has 2 rings (SSSR count). The fraction of sp³-hybridized carbons (Fsp3) is 0.143. The molecule has 1 N–H and O–H groups in total. The van der Waals surface area contributed by atoms with Gasteiger partial charge < -0.3 is 5.32 Å². The first-order valence-corrected chi connectivity index (χ1v) is 6.69. The number of benzene rings is 2. The molecule has 0 spiro atoms. The van der Waals surface area contributed by atoms with Crippen molar-refractivity contribution in [3.63, 3.8) is 0 Å². The van der Waals surface area contributed by atoms with Crippen molar-refractivity contribution < 1.29 is 9.31 Å². The van der Waals surface area contributed by atoms with E-state index in [1.54, 1.807) is 25.1 Å². The summed E-state index contributed by atoms with van der Waals surface area (Å²) >= 11 is 3.24. The van der Waals surface area contributed by atoms with E-state index in [1.807, 2.05) is 0 Å². The maximum atomic E-state index is 13.4. The van der Waals surface area contributed by atoms with Gasteiger partial charge in [-0.15, -0.1) is 0 Å². The molecule has 0 radical (unpaired) electrons. The van der Waals surface area contributed by atoms with Gasteiger partial charge in [0.05, 0.1) is 4.92 Å². The molecule has 4 nitrogen and oxygen atoms in total. The van der Waals surface area contributed by atoms with Crippen molar-refractivity contribution in [2.75, 3.05) is 5.32 Å². The van der Waals surface area contributed by atoms with Crippen molar-refractivity contribution in [2.45, 2.75) is 13.5 Å². The molecule has 0 bridgehead atoms. The maximum Gasteiger partial charge on any atom is 0.270 e. The predicted octanol–water partition coefficient (Wildman–Crippen LogP) is 4.42. The normalized spacial score (nSPS) is 10.3. The van der Waals surface area contributed by atoms with Crippen LogP contribution in [0.15, 0.2) is 40.9 Å². The van der Waals surface area contributed by atoms with E-state index in [1.165, 1.54) is 18.2 Å². The summed E-state index contributed by atoms with van der Waals surface area (Å²) in [6.07, 6.45) is 0. The van der Waals surface area contributed by atoms with Gasteiger partial charge in [0.2, 0.25) is 0 Å². The van der Waals surface area contributed by atoms with Crippen LogP contribution in [0, 0.1) is 22.9 Å². The maximum absolute atomic E-state index is 13.4. The van der Waals surface area contributed by atoms with Crippen LogP contribution in [-0.4, -0.2) is 4.92 Å². The second-order valence-electron chi connectivity index (χ2n) is 4.39. The van der Waals surface area contributed by atoms with Crippen LogP contribution in [0.4, 0.5) is 15.8 Å². The molecule has 6 heteroatoms. The fourth-order valence-electron chi connectivity index (χ4n) is 1.75. The second-order valence-corrected chi connectivity index (χ2v) is 5.31. The quantitative estimate of drug-likeness (QED) is 0.663. The van der Waals surface area contributed by atoms with E-state index >= 15 is 0 Å². The fourth-order valence-corrected chi connectivity index (χ4v) is 2.28. The molecule has 0 heterocycles. The minimum Gasteiger partial charge on any atom is -0.381 e. The summed E-state index contributed by atoms with van der Waals surface area (Å²) in [7, 11) is 0. The Bertz CT molecular complexity index is 662. The van der Waals surface area contributed by atoms with Gasteiger partial charge in [-0.05, 0) is 36.2 Å². The Morgan fingerprint density at radius 2 is 2.05 bits per heavy atom. The summed E-state index contributed by atoms with van der Waals surface area (Å²) in [4.78, 5) is 10.3. The number of non-ortho nitro benzene ring substituents is 1. The average Bonchev–Trinajstić information content (AvgIpc) is 2.39. The average molecular weight is 339 g/mol. The number of nitro benzene ring substituents is 1. The number of halogens is 2. The predicted molar refractivity (Wildman–Crippen MR) is 79.3 cm³/mol. The Kier molecular flexibility index (Phi) is 4.34. The third-order valence-corrected chi connectivity index (χ3v) is 3.28. The Hall–Kier alpha value is -1.95. The molecule has 0 aliphatic rings. The van der Waals surface area contributed by atoms with E-state index in [-0.39, 0.29) is 11.5 Å². The highest BCUT2D eigenvalue weighted by atomic mass is 79.9. The van der Waals surface area contributed by atoms with Gasteiger partial charge in [0.1, 0.15) is 5.82 Å². The Balaban J connectivity index is 2.14. The smallest absolute Gasteiger partial charge is 0.270 e. The van der Waals surface area contributed by atoms with Gasteiger partial charge in [-0.3, -0.25) is 10.1 Å². The van der Waals surface area contributed by atoms with E-state index in [0.717, 1.165) is 5.56 Å². The Morgan fingerprint density at radius 3 is 2.70 bits per heavy atom. The van der Waals surface area contributed by atoms with Gasteiger partial charge in [-0.1, -0.05) is 22.0 Å². The van der Waals surface area contributed by atoms with Crippen LogP contribution in [0.3, 0.4) is 0 Å². The number of anilines is 1. The Morgan fingerprint density at radius 1 is 1.30 bits per heavy atom. The first kappa shape index (κ1) is 14.5. The lowest BCUT2D eigenvalue weighted by atomic mass is 10.2. The van der Waals surface area contributed by atoms with Gasteiger partial charge in [0, 0.05) is 28.8 Å². The van der Waals surface area contributed by atoms with E-state index in [4.69, 9.17) is 0 Å². The number of nitrogens with one attached hydrogen (secondary N) is 1. The van der Waals surface area contributed by atoms with Crippen LogP contribution < -0.4 is 5.32 Å². The highest BCUT2D eigenvalue weighted by Gasteiger charge is 2.08. The van der Waals surface area contributed by atoms with E-state index in [2.05, 4.69) is 21.2 Å². The molecule has 0 saturated carbocycles. The van der Waals surface area contributed by atoms with Gasteiger partial charge in [-0.2, -0.15) is 0 Å². The molecule has 0 atom stereocenters. The lowest BCUT2D eigenvalue weighted by Crippen LogP contribution is -2.01. The van der Waals surface area contributed by atoms with Crippen molar-refractivity contribution in [2.24, 2.45) is 0 Å². The molecule has 0 aliphatic heterocycles. The molecule has 0 aromatic heterocycles. The number of nitro groups is 1. The second kappa shape index (κ2) is 6.00. The molecule has 0 fully saturated rings. The molecule has 0 amide bonds. The zero-order valence-corrected chi connectivity index (χ0v) is 12.3. The summed E-state index contributed by atoms with van der Waals surface area (Å²) in [5, 5.41) is 13.8. The molecule has 2 aromatic carbocycles. The number of aryl methyl sites for hydroxylation is 1. The number of hydrogen-bond donors (Lipinski definition) is 1. The van der Waals surface area contributed by atoms with E-state index < -0.39 is 4.92 Å². The van der Waals surface area contributed by atoms with Crippen LogP contribution in [0.5, 0.6) is 0 Å². The number of rotatable bonds is 4. The molecule has 0 unspecified atom stereocenters. The van der Waals surface area contributed by atoms with Crippen molar-refractivity contribution in [1.82, 2.24) is 0 Å². The van der Waals surface area contributed by atoms with Crippen LogP contribution in [0.25, 0.3) is 0 Å².